The van der Waals surface area contributed by atoms with E-state index in [1.807, 2.05) is 54.6 Å². The molecule has 0 radical (unpaired) electrons. The zero-order valence-electron chi connectivity index (χ0n) is 17.6. The number of hydrogen-bond acceptors (Lipinski definition) is 4. The summed E-state index contributed by atoms with van der Waals surface area (Å²) < 4.78 is 5.27. The number of benzene rings is 2. The van der Waals surface area contributed by atoms with Crippen molar-refractivity contribution in [1.29, 1.82) is 0 Å². The molecule has 0 unspecified atom stereocenters. The fourth-order valence-corrected chi connectivity index (χ4v) is 4.16. The SMILES string of the molecule is COc1ccc([C@H]2[C@@H](C(=O)NCCc3ccncc3)c3ccccc3C(=O)N2C)cc1. The highest BCUT2D eigenvalue weighted by atomic mass is 16.5. The summed E-state index contributed by atoms with van der Waals surface area (Å²) in [5.41, 5.74) is 3.33. The first kappa shape index (κ1) is 20.6. The zero-order valence-corrected chi connectivity index (χ0v) is 17.6. The molecule has 1 aromatic heterocycles. The number of rotatable bonds is 6. The lowest BCUT2D eigenvalue weighted by Gasteiger charge is -2.39. The Morgan fingerprint density at radius 3 is 2.48 bits per heavy atom. The van der Waals surface area contributed by atoms with Gasteiger partial charge in [0.25, 0.3) is 5.91 Å². The highest BCUT2D eigenvalue weighted by Crippen LogP contribution is 2.42. The summed E-state index contributed by atoms with van der Waals surface area (Å²) in [6.07, 6.45) is 4.20. The lowest BCUT2D eigenvalue weighted by atomic mass is 9.79. The minimum atomic E-state index is -0.510. The first-order valence-electron chi connectivity index (χ1n) is 10.3. The molecule has 6 nitrogen and oxygen atoms in total. The highest BCUT2D eigenvalue weighted by molar-refractivity contribution is 6.01. The number of carbonyl (C=O) groups is 2. The van der Waals surface area contributed by atoms with E-state index < -0.39 is 12.0 Å². The van der Waals surface area contributed by atoms with Gasteiger partial charge in [-0.1, -0.05) is 30.3 Å². The molecular formula is C25H25N3O3. The van der Waals surface area contributed by atoms with Crippen molar-refractivity contribution in [3.05, 3.63) is 95.3 Å². The first-order chi connectivity index (χ1) is 15.1. The number of likely N-dealkylation sites (N-methyl/N-ethyl adjacent to an activating group) is 1. The van der Waals surface area contributed by atoms with E-state index in [9.17, 15) is 9.59 Å². The average molecular weight is 415 g/mol. The van der Waals surface area contributed by atoms with Crippen molar-refractivity contribution >= 4 is 11.8 Å². The molecule has 2 aromatic carbocycles. The molecule has 4 rings (SSSR count). The van der Waals surface area contributed by atoms with Gasteiger partial charge in [0.2, 0.25) is 5.91 Å². The zero-order chi connectivity index (χ0) is 21.8. The van der Waals surface area contributed by atoms with E-state index in [0.717, 1.165) is 22.4 Å². The topological polar surface area (TPSA) is 71.5 Å². The number of methoxy groups -OCH3 is 1. The number of amides is 2. The number of nitrogens with zero attached hydrogens (tertiary/aromatic N) is 2. The van der Waals surface area contributed by atoms with Crippen LogP contribution < -0.4 is 10.1 Å². The molecule has 1 aliphatic rings. The third-order valence-electron chi connectivity index (χ3n) is 5.78. The van der Waals surface area contributed by atoms with Gasteiger partial charge in [0.05, 0.1) is 19.1 Å². The minimum absolute atomic E-state index is 0.0859. The van der Waals surface area contributed by atoms with Gasteiger partial charge in [-0.25, -0.2) is 0 Å². The number of ether oxygens (including phenoxy) is 1. The van der Waals surface area contributed by atoms with Gasteiger partial charge in [0.1, 0.15) is 5.75 Å². The third-order valence-corrected chi connectivity index (χ3v) is 5.78. The molecule has 1 aliphatic heterocycles. The molecule has 0 aliphatic carbocycles. The molecule has 0 spiro atoms. The summed E-state index contributed by atoms with van der Waals surface area (Å²) in [6.45, 7) is 0.508. The van der Waals surface area contributed by atoms with E-state index in [0.29, 0.717) is 18.5 Å². The van der Waals surface area contributed by atoms with Crippen LogP contribution in [-0.2, 0) is 11.2 Å². The van der Waals surface area contributed by atoms with Crippen LogP contribution in [0.25, 0.3) is 0 Å². The number of carbonyl (C=O) groups excluding carboxylic acids is 2. The maximum atomic E-state index is 13.4. The van der Waals surface area contributed by atoms with Gasteiger partial charge in [-0.15, -0.1) is 0 Å². The van der Waals surface area contributed by atoms with Crippen LogP contribution in [0, 0.1) is 0 Å². The predicted molar refractivity (Wildman–Crippen MR) is 118 cm³/mol. The molecule has 2 atom stereocenters. The second-order valence-corrected chi connectivity index (χ2v) is 7.60. The Balaban J connectivity index is 1.64. The largest absolute Gasteiger partial charge is 0.497 e. The monoisotopic (exact) mass is 415 g/mol. The predicted octanol–water partition coefficient (Wildman–Crippen LogP) is 3.36. The van der Waals surface area contributed by atoms with E-state index in [1.54, 1.807) is 37.5 Å². The van der Waals surface area contributed by atoms with Crippen LogP contribution in [0.2, 0.25) is 0 Å². The van der Waals surface area contributed by atoms with Gasteiger partial charge in [-0.2, -0.15) is 0 Å². The standard InChI is InChI=1S/C25H25N3O3/c1-28-23(18-7-9-19(31-2)10-8-18)22(20-5-3-4-6-21(20)25(28)30)24(29)27-16-13-17-11-14-26-15-12-17/h3-12,14-15,22-23H,13,16H2,1-2H3,(H,27,29)/t22-,23-/m0/s1. The molecule has 3 aromatic rings. The van der Waals surface area contributed by atoms with Crippen molar-refractivity contribution < 1.29 is 14.3 Å². The Morgan fingerprint density at radius 1 is 1.06 bits per heavy atom. The Kier molecular flexibility index (Phi) is 5.98. The van der Waals surface area contributed by atoms with Crippen molar-refractivity contribution in [2.45, 2.75) is 18.4 Å². The van der Waals surface area contributed by atoms with Crippen LogP contribution >= 0.6 is 0 Å². The van der Waals surface area contributed by atoms with Gasteiger partial charge < -0.3 is 15.0 Å². The summed E-state index contributed by atoms with van der Waals surface area (Å²) >= 11 is 0. The van der Waals surface area contributed by atoms with Crippen LogP contribution in [0.4, 0.5) is 0 Å². The van der Waals surface area contributed by atoms with Crippen molar-refractivity contribution in [3.8, 4) is 5.75 Å². The van der Waals surface area contributed by atoms with E-state index in [1.165, 1.54) is 0 Å². The molecule has 1 N–H and O–H groups in total. The average Bonchev–Trinajstić information content (AvgIpc) is 2.82. The normalized spacial score (nSPS) is 17.7. The van der Waals surface area contributed by atoms with E-state index in [2.05, 4.69) is 10.3 Å². The smallest absolute Gasteiger partial charge is 0.254 e. The van der Waals surface area contributed by atoms with Gasteiger partial charge in [0.15, 0.2) is 0 Å². The molecule has 0 fully saturated rings. The molecule has 0 bridgehead atoms. The molecule has 31 heavy (non-hydrogen) atoms. The number of aromatic nitrogens is 1. The quantitative estimate of drug-likeness (QED) is 0.670. The van der Waals surface area contributed by atoms with Crippen LogP contribution in [0.15, 0.2) is 73.1 Å². The van der Waals surface area contributed by atoms with Crippen molar-refractivity contribution in [1.82, 2.24) is 15.2 Å². The molecule has 6 heteroatoms. The summed E-state index contributed by atoms with van der Waals surface area (Å²) in [6, 6.07) is 18.4. The molecule has 2 amide bonds. The Morgan fingerprint density at radius 2 is 1.77 bits per heavy atom. The van der Waals surface area contributed by atoms with Crippen molar-refractivity contribution in [3.63, 3.8) is 0 Å². The number of nitrogens with one attached hydrogen (secondary N) is 1. The fraction of sp³-hybridized carbons (Fsp3) is 0.240. The van der Waals surface area contributed by atoms with Gasteiger partial charge >= 0.3 is 0 Å². The summed E-state index contributed by atoms with van der Waals surface area (Å²) in [5, 5.41) is 3.08. The molecule has 158 valence electrons. The molecule has 0 saturated carbocycles. The van der Waals surface area contributed by atoms with Crippen LogP contribution in [0.3, 0.4) is 0 Å². The van der Waals surface area contributed by atoms with Crippen molar-refractivity contribution in [2.75, 3.05) is 20.7 Å². The second-order valence-electron chi connectivity index (χ2n) is 7.60. The minimum Gasteiger partial charge on any atom is -0.497 e. The van der Waals surface area contributed by atoms with E-state index >= 15 is 0 Å². The Hall–Kier alpha value is -3.67. The fourth-order valence-electron chi connectivity index (χ4n) is 4.16. The Bertz CT molecular complexity index is 1070. The summed E-state index contributed by atoms with van der Waals surface area (Å²) in [7, 11) is 3.37. The molecular weight excluding hydrogens is 390 g/mol. The van der Waals surface area contributed by atoms with Gasteiger partial charge in [-0.05, 0) is 53.4 Å². The number of hydrogen-bond donors (Lipinski definition) is 1. The Labute approximate surface area is 181 Å². The second kappa shape index (κ2) is 9.00. The molecule has 2 heterocycles. The lowest BCUT2D eigenvalue weighted by Crippen LogP contribution is -2.45. The third kappa shape index (κ3) is 4.14. The molecule has 0 saturated heterocycles. The maximum Gasteiger partial charge on any atom is 0.254 e. The van der Waals surface area contributed by atoms with E-state index in [-0.39, 0.29) is 11.8 Å². The number of fused-ring (bicyclic) bond motifs is 1. The highest BCUT2D eigenvalue weighted by Gasteiger charge is 2.42. The maximum absolute atomic E-state index is 13.4. The van der Waals surface area contributed by atoms with Crippen LogP contribution in [0.5, 0.6) is 5.75 Å². The van der Waals surface area contributed by atoms with Crippen LogP contribution in [0.1, 0.15) is 39.0 Å². The summed E-state index contributed by atoms with van der Waals surface area (Å²) in [4.78, 5) is 32.2. The van der Waals surface area contributed by atoms with E-state index in [4.69, 9.17) is 4.74 Å². The lowest BCUT2D eigenvalue weighted by molar-refractivity contribution is -0.124. The van der Waals surface area contributed by atoms with Crippen molar-refractivity contribution in [2.24, 2.45) is 0 Å². The van der Waals surface area contributed by atoms with Crippen LogP contribution in [-0.4, -0.2) is 42.4 Å². The first-order valence-corrected chi connectivity index (χ1v) is 10.3. The number of pyridine rings is 1. The van der Waals surface area contributed by atoms with Gasteiger partial charge in [0, 0.05) is 31.5 Å². The van der Waals surface area contributed by atoms with Gasteiger partial charge in [-0.3, -0.25) is 14.6 Å². The summed E-state index contributed by atoms with van der Waals surface area (Å²) in [5.74, 6) is 0.0379.